The van der Waals surface area contributed by atoms with Gasteiger partial charge in [-0.3, -0.25) is 0 Å². The van der Waals surface area contributed by atoms with Crippen LogP contribution in [-0.4, -0.2) is 7.11 Å². The lowest BCUT2D eigenvalue weighted by Crippen LogP contribution is -2.14. The number of ether oxygens (including phenoxy) is 1. The SMILES string of the molecule is COc1c(F)cccc1[C@H](N)CC(C)C. The van der Waals surface area contributed by atoms with Crippen molar-refractivity contribution in [2.24, 2.45) is 11.7 Å². The minimum atomic E-state index is -0.353. The summed E-state index contributed by atoms with van der Waals surface area (Å²) < 4.78 is 18.4. The summed E-state index contributed by atoms with van der Waals surface area (Å²) in [5, 5.41) is 0. The molecule has 0 aromatic heterocycles. The van der Waals surface area contributed by atoms with Crippen LogP contribution in [0.2, 0.25) is 0 Å². The molecule has 1 rings (SSSR count). The number of para-hydroxylation sites is 1. The van der Waals surface area contributed by atoms with Gasteiger partial charge in [-0.15, -0.1) is 0 Å². The number of nitrogens with two attached hydrogens (primary N) is 1. The molecule has 0 aliphatic rings. The summed E-state index contributed by atoms with van der Waals surface area (Å²) in [5.74, 6) is 0.396. The van der Waals surface area contributed by atoms with E-state index in [4.69, 9.17) is 10.5 Å². The molecule has 2 N–H and O–H groups in total. The number of hydrogen-bond donors (Lipinski definition) is 1. The molecule has 15 heavy (non-hydrogen) atoms. The Balaban J connectivity index is 2.97. The lowest BCUT2D eigenvalue weighted by molar-refractivity contribution is 0.373. The Morgan fingerprint density at radius 1 is 1.40 bits per heavy atom. The zero-order valence-corrected chi connectivity index (χ0v) is 9.46. The van der Waals surface area contributed by atoms with Gasteiger partial charge in [0.15, 0.2) is 11.6 Å². The average Bonchev–Trinajstić information content (AvgIpc) is 2.16. The zero-order chi connectivity index (χ0) is 11.4. The number of methoxy groups -OCH3 is 1. The van der Waals surface area contributed by atoms with E-state index in [1.807, 2.05) is 6.07 Å². The molecular formula is C12H18FNO. The molecule has 2 nitrogen and oxygen atoms in total. The zero-order valence-electron chi connectivity index (χ0n) is 9.46. The van der Waals surface area contributed by atoms with Crippen molar-refractivity contribution in [3.05, 3.63) is 29.6 Å². The maximum absolute atomic E-state index is 13.4. The van der Waals surface area contributed by atoms with Gasteiger partial charge in [0.2, 0.25) is 0 Å². The predicted octanol–water partition coefficient (Wildman–Crippen LogP) is 2.88. The van der Waals surface area contributed by atoms with Crippen LogP contribution < -0.4 is 10.5 Å². The fraction of sp³-hybridized carbons (Fsp3) is 0.500. The highest BCUT2D eigenvalue weighted by Crippen LogP contribution is 2.29. The van der Waals surface area contributed by atoms with Crippen molar-refractivity contribution in [2.45, 2.75) is 26.3 Å². The van der Waals surface area contributed by atoms with Crippen molar-refractivity contribution < 1.29 is 9.13 Å². The first-order valence-corrected chi connectivity index (χ1v) is 5.14. The average molecular weight is 211 g/mol. The topological polar surface area (TPSA) is 35.2 Å². The van der Waals surface area contributed by atoms with Crippen molar-refractivity contribution in [3.8, 4) is 5.75 Å². The van der Waals surface area contributed by atoms with E-state index in [-0.39, 0.29) is 17.6 Å². The molecule has 0 saturated carbocycles. The summed E-state index contributed by atoms with van der Waals surface area (Å²) in [6.45, 7) is 4.18. The molecule has 0 aliphatic heterocycles. The van der Waals surface area contributed by atoms with Crippen LogP contribution in [0.25, 0.3) is 0 Å². The first-order chi connectivity index (χ1) is 7.06. The van der Waals surface area contributed by atoms with E-state index in [0.717, 1.165) is 12.0 Å². The van der Waals surface area contributed by atoms with Gasteiger partial charge >= 0.3 is 0 Å². The minimum Gasteiger partial charge on any atom is -0.493 e. The van der Waals surface area contributed by atoms with E-state index in [2.05, 4.69) is 13.8 Å². The highest BCUT2D eigenvalue weighted by molar-refractivity contribution is 5.37. The van der Waals surface area contributed by atoms with E-state index in [1.165, 1.54) is 13.2 Å². The van der Waals surface area contributed by atoms with Gasteiger partial charge < -0.3 is 10.5 Å². The number of halogens is 1. The second kappa shape index (κ2) is 5.12. The van der Waals surface area contributed by atoms with Gasteiger partial charge in [0.1, 0.15) is 0 Å². The van der Waals surface area contributed by atoms with E-state index in [1.54, 1.807) is 6.07 Å². The standard InChI is InChI=1S/C12H18FNO/c1-8(2)7-11(14)9-5-4-6-10(13)12(9)15-3/h4-6,8,11H,7,14H2,1-3H3/t11-/m1/s1. The van der Waals surface area contributed by atoms with Gasteiger partial charge in [-0.2, -0.15) is 0 Å². The summed E-state index contributed by atoms with van der Waals surface area (Å²) in [6, 6.07) is 4.68. The minimum absolute atomic E-state index is 0.171. The van der Waals surface area contributed by atoms with E-state index in [0.29, 0.717) is 5.92 Å². The normalized spacial score (nSPS) is 12.9. The third kappa shape index (κ3) is 2.93. The molecule has 1 aromatic carbocycles. The van der Waals surface area contributed by atoms with Crippen molar-refractivity contribution in [1.82, 2.24) is 0 Å². The Labute approximate surface area is 90.2 Å². The molecule has 0 amide bonds. The van der Waals surface area contributed by atoms with E-state index >= 15 is 0 Å². The van der Waals surface area contributed by atoms with Crippen LogP contribution in [-0.2, 0) is 0 Å². The Kier molecular flexibility index (Phi) is 4.09. The first kappa shape index (κ1) is 12.0. The molecule has 0 aliphatic carbocycles. The van der Waals surface area contributed by atoms with Crippen LogP contribution in [0.1, 0.15) is 31.9 Å². The molecule has 1 atom stereocenters. The van der Waals surface area contributed by atoms with Crippen LogP contribution in [0, 0.1) is 11.7 Å². The van der Waals surface area contributed by atoms with Crippen LogP contribution >= 0.6 is 0 Å². The summed E-state index contributed by atoms with van der Waals surface area (Å²) in [4.78, 5) is 0. The Morgan fingerprint density at radius 3 is 2.60 bits per heavy atom. The molecule has 3 heteroatoms. The molecule has 0 bridgehead atoms. The molecule has 0 spiro atoms. The fourth-order valence-corrected chi connectivity index (χ4v) is 1.67. The highest BCUT2D eigenvalue weighted by atomic mass is 19.1. The smallest absolute Gasteiger partial charge is 0.165 e. The molecule has 0 saturated heterocycles. The largest absolute Gasteiger partial charge is 0.493 e. The maximum atomic E-state index is 13.4. The number of rotatable bonds is 4. The Hall–Kier alpha value is -1.09. The summed E-state index contributed by atoms with van der Waals surface area (Å²) in [6.07, 6.45) is 0.819. The number of hydrogen-bond acceptors (Lipinski definition) is 2. The molecular weight excluding hydrogens is 193 g/mol. The summed E-state index contributed by atoms with van der Waals surface area (Å²) in [7, 11) is 1.46. The van der Waals surface area contributed by atoms with Gasteiger partial charge in [-0.05, 0) is 18.4 Å². The fourth-order valence-electron chi connectivity index (χ4n) is 1.67. The van der Waals surface area contributed by atoms with Crippen LogP contribution in [0.4, 0.5) is 4.39 Å². The highest BCUT2D eigenvalue weighted by Gasteiger charge is 2.15. The van der Waals surface area contributed by atoms with Gasteiger partial charge in [-0.1, -0.05) is 26.0 Å². The monoisotopic (exact) mass is 211 g/mol. The third-order valence-corrected chi connectivity index (χ3v) is 2.33. The maximum Gasteiger partial charge on any atom is 0.165 e. The molecule has 0 heterocycles. The van der Waals surface area contributed by atoms with Crippen molar-refractivity contribution in [2.75, 3.05) is 7.11 Å². The second-order valence-corrected chi connectivity index (χ2v) is 4.10. The molecule has 84 valence electrons. The Bertz CT molecular complexity index is 325. The lowest BCUT2D eigenvalue weighted by Gasteiger charge is -2.17. The van der Waals surface area contributed by atoms with E-state index < -0.39 is 0 Å². The van der Waals surface area contributed by atoms with Gasteiger partial charge in [0, 0.05) is 11.6 Å². The Morgan fingerprint density at radius 2 is 2.07 bits per heavy atom. The molecule has 0 unspecified atom stereocenters. The third-order valence-electron chi connectivity index (χ3n) is 2.33. The predicted molar refractivity (Wildman–Crippen MR) is 59.3 cm³/mol. The van der Waals surface area contributed by atoms with Gasteiger partial charge in [-0.25, -0.2) is 4.39 Å². The van der Waals surface area contributed by atoms with Crippen LogP contribution in [0.15, 0.2) is 18.2 Å². The lowest BCUT2D eigenvalue weighted by atomic mass is 9.97. The van der Waals surface area contributed by atoms with Gasteiger partial charge in [0.05, 0.1) is 7.11 Å². The molecule has 0 radical (unpaired) electrons. The quantitative estimate of drug-likeness (QED) is 0.831. The summed E-state index contributed by atoms with van der Waals surface area (Å²) >= 11 is 0. The van der Waals surface area contributed by atoms with Gasteiger partial charge in [0.25, 0.3) is 0 Å². The van der Waals surface area contributed by atoms with Crippen LogP contribution in [0.3, 0.4) is 0 Å². The molecule has 1 aromatic rings. The molecule has 0 fully saturated rings. The van der Waals surface area contributed by atoms with Crippen molar-refractivity contribution in [3.63, 3.8) is 0 Å². The number of benzene rings is 1. The second-order valence-electron chi connectivity index (χ2n) is 4.10. The van der Waals surface area contributed by atoms with E-state index in [9.17, 15) is 4.39 Å². The first-order valence-electron chi connectivity index (χ1n) is 5.14. The van der Waals surface area contributed by atoms with Crippen molar-refractivity contribution >= 4 is 0 Å². The van der Waals surface area contributed by atoms with Crippen molar-refractivity contribution in [1.29, 1.82) is 0 Å². The van der Waals surface area contributed by atoms with Crippen LogP contribution in [0.5, 0.6) is 5.75 Å². The summed E-state index contributed by atoms with van der Waals surface area (Å²) in [5.41, 5.74) is 6.74.